The molecule has 2 nitrogen and oxygen atoms in total. The first-order valence-electron chi connectivity index (χ1n) is 6.27. The van der Waals surface area contributed by atoms with Crippen LogP contribution in [0.15, 0.2) is 58.3 Å². The van der Waals surface area contributed by atoms with E-state index in [4.69, 9.17) is 4.42 Å². The Morgan fingerprint density at radius 3 is 2.74 bits per heavy atom. The molecular formula is C17H14O2. The minimum atomic E-state index is 0.0393. The first kappa shape index (κ1) is 11.7. The van der Waals surface area contributed by atoms with Gasteiger partial charge in [-0.25, -0.2) is 0 Å². The molecule has 0 unspecified atom stereocenters. The third kappa shape index (κ3) is 1.76. The second kappa shape index (κ2) is 4.39. The first-order chi connectivity index (χ1) is 9.22. The molecule has 0 radical (unpaired) electrons. The summed E-state index contributed by atoms with van der Waals surface area (Å²) in [5, 5.41) is 1.31. The Balaban J connectivity index is 2.55. The van der Waals surface area contributed by atoms with Crippen molar-refractivity contribution in [3.63, 3.8) is 0 Å². The molecule has 0 spiro atoms. The van der Waals surface area contributed by atoms with Gasteiger partial charge in [-0.3, -0.25) is 4.79 Å². The van der Waals surface area contributed by atoms with Crippen molar-refractivity contribution in [1.82, 2.24) is 0 Å². The fourth-order valence-electron chi connectivity index (χ4n) is 2.47. The maximum absolute atomic E-state index is 12.6. The molecule has 0 saturated carbocycles. The summed E-state index contributed by atoms with van der Waals surface area (Å²) in [7, 11) is 0. The van der Waals surface area contributed by atoms with Crippen molar-refractivity contribution in [3.05, 3.63) is 70.4 Å². The molecule has 94 valence electrons. The zero-order valence-electron chi connectivity index (χ0n) is 10.8. The maximum Gasteiger partial charge on any atom is 0.200 e. The number of hydrogen-bond acceptors (Lipinski definition) is 2. The van der Waals surface area contributed by atoms with Gasteiger partial charge < -0.3 is 4.42 Å². The van der Waals surface area contributed by atoms with Gasteiger partial charge in [0.15, 0.2) is 0 Å². The summed E-state index contributed by atoms with van der Waals surface area (Å²) in [6.45, 7) is 5.77. The summed E-state index contributed by atoms with van der Waals surface area (Å²) >= 11 is 0. The number of allylic oxidation sites excluding steroid dienone is 1. The second-order valence-electron chi connectivity index (χ2n) is 4.65. The van der Waals surface area contributed by atoms with Crippen molar-refractivity contribution in [3.8, 4) is 0 Å². The molecule has 0 aliphatic rings. The van der Waals surface area contributed by atoms with E-state index in [2.05, 4.69) is 6.58 Å². The second-order valence-corrected chi connectivity index (χ2v) is 4.65. The Bertz CT molecular complexity index is 841. The molecule has 2 aromatic carbocycles. The average molecular weight is 250 g/mol. The van der Waals surface area contributed by atoms with Gasteiger partial charge >= 0.3 is 0 Å². The lowest BCUT2D eigenvalue weighted by molar-refractivity contribution is 0.659. The van der Waals surface area contributed by atoms with Crippen molar-refractivity contribution in [2.45, 2.75) is 13.3 Å². The fraction of sp³-hybridized carbons (Fsp3) is 0.118. The number of hydrogen-bond donors (Lipinski definition) is 0. The van der Waals surface area contributed by atoms with Crippen molar-refractivity contribution in [1.29, 1.82) is 0 Å². The van der Waals surface area contributed by atoms with Crippen LogP contribution in [-0.4, -0.2) is 0 Å². The molecular weight excluding hydrogens is 236 g/mol. The van der Waals surface area contributed by atoms with Crippen LogP contribution in [-0.2, 0) is 6.42 Å². The zero-order chi connectivity index (χ0) is 13.4. The quantitative estimate of drug-likeness (QED) is 0.508. The predicted molar refractivity (Wildman–Crippen MR) is 78.6 cm³/mol. The van der Waals surface area contributed by atoms with Gasteiger partial charge in [-0.05, 0) is 42.7 Å². The molecule has 3 aromatic rings. The Morgan fingerprint density at radius 1 is 1.16 bits per heavy atom. The smallest absolute Gasteiger partial charge is 0.200 e. The zero-order valence-corrected chi connectivity index (χ0v) is 10.8. The number of rotatable bonds is 2. The monoisotopic (exact) mass is 250 g/mol. The van der Waals surface area contributed by atoms with E-state index in [-0.39, 0.29) is 5.43 Å². The van der Waals surface area contributed by atoms with Crippen molar-refractivity contribution < 1.29 is 4.42 Å². The molecule has 1 heterocycles. The summed E-state index contributed by atoms with van der Waals surface area (Å²) < 4.78 is 5.83. The van der Waals surface area contributed by atoms with Crippen LogP contribution in [0.1, 0.15) is 11.1 Å². The molecule has 1 aromatic heterocycles. The van der Waals surface area contributed by atoms with Crippen LogP contribution < -0.4 is 5.43 Å². The lowest BCUT2D eigenvalue weighted by atomic mass is 9.99. The van der Waals surface area contributed by atoms with E-state index in [9.17, 15) is 4.79 Å². The number of fused-ring (bicyclic) bond motifs is 2. The summed E-state index contributed by atoms with van der Waals surface area (Å²) in [6, 6.07) is 11.2. The topological polar surface area (TPSA) is 30.2 Å². The Hall–Kier alpha value is -2.35. The predicted octanol–water partition coefficient (Wildman–Crippen LogP) is 3.98. The van der Waals surface area contributed by atoms with E-state index in [0.717, 1.165) is 11.1 Å². The fourth-order valence-corrected chi connectivity index (χ4v) is 2.47. The van der Waals surface area contributed by atoms with Crippen LogP contribution in [0.2, 0.25) is 0 Å². The number of benzene rings is 2. The van der Waals surface area contributed by atoms with Crippen LogP contribution in [0.5, 0.6) is 0 Å². The highest BCUT2D eigenvalue weighted by molar-refractivity contribution is 5.92. The van der Waals surface area contributed by atoms with Gasteiger partial charge in [0.2, 0.25) is 5.43 Å². The number of para-hydroxylation sites is 1. The molecule has 19 heavy (non-hydrogen) atoms. The van der Waals surface area contributed by atoms with Gasteiger partial charge in [-0.2, -0.15) is 0 Å². The van der Waals surface area contributed by atoms with Gasteiger partial charge in [0.25, 0.3) is 0 Å². The number of aryl methyl sites for hydroxylation is 1. The molecule has 0 amide bonds. The maximum atomic E-state index is 12.6. The van der Waals surface area contributed by atoms with Crippen LogP contribution >= 0.6 is 0 Å². The molecule has 0 fully saturated rings. The van der Waals surface area contributed by atoms with Crippen molar-refractivity contribution in [2.75, 3.05) is 0 Å². The molecule has 3 rings (SSSR count). The molecule has 0 aliphatic carbocycles. The minimum absolute atomic E-state index is 0.0393. The molecule has 0 N–H and O–H groups in total. The van der Waals surface area contributed by atoms with Crippen molar-refractivity contribution in [2.24, 2.45) is 0 Å². The van der Waals surface area contributed by atoms with E-state index >= 15 is 0 Å². The molecule has 0 saturated heterocycles. The summed E-state index contributed by atoms with van der Waals surface area (Å²) in [5.41, 5.74) is 3.42. The molecule has 0 aliphatic heterocycles. The van der Waals surface area contributed by atoms with Crippen LogP contribution in [0.3, 0.4) is 0 Å². The van der Waals surface area contributed by atoms with Gasteiger partial charge in [0.05, 0.1) is 10.8 Å². The Labute approximate surface area is 111 Å². The third-order valence-electron chi connectivity index (χ3n) is 3.44. The summed E-state index contributed by atoms with van der Waals surface area (Å²) in [5.74, 6) is 0. The molecule has 0 atom stereocenters. The van der Waals surface area contributed by atoms with Crippen molar-refractivity contribution >= 4 is 21.9 Å². The van der Waals surface area contributed by atoms with E-state index in [1.807, 2.05) is 43.3 Å². The molecule has 0 bridgehead atoms. The minimum Gasteiger partial charge on any atom is -0.456 e. The summed E-state index contributed by atoms with van der Waals surface area (Å²) in [4.78, 5) is 12.6. The average Bonchev–Trinajstić information content (AvgIpc) is 2.42. The first-order valence-corrected chi connectivity index (χ1v) is 6.27. The Kier molecular flexibility index (Phi) is 2.71. The highest BCUT2D eigenvalue weighted by Gasteiger charge is 2.12. The molecule has 2 heteroatoms. The van der Waals surface area contributed by atoms with Crippen LogP contribution in [0.4, 0.5) is 0 Å². The lowest BCUT2D eigenvalue weighted by Crippen LogP contribution is -2.06. The van der Waals surface area contributed by atoms with Crippen LogP contribution in [0.25, 0.3) is 21.9 Å². The standard InChI is InChI=1S/C17H14O2/c1-3-6-12-11(2)9-10-15-16(12)17(18)13-7-4-5-8-14(13)19-15/h3-5,7-10H,1,6H2,2H3. The van der Waals surface area contributed by atoms with Gasteiger partial charge in [0, 0.05) is 0 Å². The normalized spacial score (nSPS) is 11.0. The van der Waals surface area contributed by atoms with E-state index in [0.29, 0.717) is 28.4 Å². The Morgan fingerprint density at radius 2 is 1.95 bits per heavy atom. The summed E-state index contributed by atoms with van der Waals surface area (Å²) in [6.07, 6.45) is 2.49. The lowest BCUT2D eigenvalue weighted by Gasteiger charge is -2.08. The SMILES string of the molecule is C=CCc1c(C)ccc2oc3ccccc3c(=O)c12. The van der Waals surface area contributed by atoms with Gasteiger partial charge in [0.1, 0.15) is 11.2 Å². The van der Waals surface area contributed by atoms with E-state index in [1.54, 1.807) is 6.07 Å². The van der Waals surface area contributed by atoms with Gasteiger partial charge in [-0.1, -0.05) is 24.3 Å². The van der Waals surface area contributed by atoms with E-state index < -0.39 is 0 Å². The third-order valence-corrected chi connectivity index (χ3v) is 3.44. The highest BCUT2D eigenvalue weighted by atomic mass is 16.3. The van der Waals surface area contributed by atoms with Crippen LogP contribution in [0, 0.1) is 6.92 Å². The van der Waals surface area contributed by atoms with Gasteiger partial charge in [-0.15, -0.1) is 6.58 Å². The highest BCUT2D eigenvalue weighted by Crippen LogP contribution is 2.24. The largest absolute Gasteiger partial charge is 0.456 e. The van der Waals surface area contributed by atoms with E-state index in [1.165, 1.54) is 0 Å².